The Hall–Kier alpha value is -1.15. The smallest absolute Gasteiger partial charge is 0.00550 e. The summed E-state index contributed by atoms with van der Waals surface area (Å²) in [6.45, 7) is 2.33. The Balaban J connectivity index is 0.000000907. The quantitative estimate of drug-likeness (QED) is 0.308. The molecule has 0 N–H and O–H groups in total. The Morgan fingerprint density at radius 3 is 2.39 bits per heavy atom. The van der Waals surface area contributed by atoms with Gasteiger partial charge >= 0.3 is 0 Å². The molecule has 0 bridgehead atoms. The van der Waals surface area contributed by atoms with Gasteiger partial charge in [-0.25, -0.2) is 0 Å². The first-order valence-electron chi connectivity index (χ1n) is 10.7. The molecule has 0 saturated carbocycles. The molecule has 3 heteroatoms. The van der Waals surface area contributed by atoms with E-state index in [0.29, 0.717) is 11.8 Å². The van der Waals surface area contributed by atoms with Gasteiger partial charge in [-0.15, -0.1) is 11.1 Å². The van der Waals surface area contributed by atoms with Crippen molar-refractivity contribution in [2.75, 3.05) is 0 Å². The van der Waals surface area contributed by atoms with E-state index in [1.54, 1.807) is 22.3 Å². The fraction of sp³-hybridized carbons (Fsp3) is 0.286. The number of hydrogen-bond acceptors (Lipinski definition) is 0. The van der Waals surface area contributed by atoms with E-state index in [4.69, 9.17) is 0 Å². The summed E-state index contributed by atoms with van der Waals surface area (Å²) in [6, 6.07) is 24.0. The molecule has 0 aliphatic heterocycles. The number of benzene rings is 3. The van der Waals surface area contributed by atoms with Crippen molar-refractivity contribution in [1.29, 1.82) is 0 Å². The fourth-order valence-corrected chi connectivity index (χ4v) is 5.87. The molecule has 0 amide bonds. The summed E-state index contributed by atoms with van der Waals surface area (Å²) >= 11 is 0. The van der Waals surface area contributed by atoms with E-state index >= 15 is 0 Å². The van der Waals surface area contributed by atoms with Crippen molar-refractivity contribution in [3.05, 3.63) is 99.6 Å². The van der Waals surface area contributed by atoms with Crippen LogP contribution >= 0.6 is 0 Å². The third-order valence-corrected chi connectivity index (χ3v) is 7.21. The molecule has 3 aromatic rings. The average Bonchev–Trinajstić information content (AvgIpc) is 3.38. The van der Waals surface area contributed by atoms with Gasteiger partial charge in [0.05, 0.1) is 0 Å². The summed E-state index contributed by atoms with van der Waals surface area (Å²) in [7, 11) is 0. The Morgan fingerprint density at radius 1 is 0.839 bits per heavy atom. The Bertz CT molecular complexity index is 1090. The van der Waals surface area contributed by atoms with Gasteiger partial charge in [-0.1, -0.05) is 53.6 Å². The van der Waals surface area contributed by atoms with Crippen LogP contribution in [-0.4, -0.2) is 0 Å². The van der Waals surface area contributed by atoms with E-state index in [1.165, 1.54) is 59.9 Å². The van der Waals surface area contributed by atoms with Crippen LogP contribution in [0, 0.1) is 6.07 Å². The molecule has 6 rings (SSSR count). The van der Waals surface area contributed by atoms with Crippen molar-refractivity contribution >= 4 is 6.08 Å². The predicted octanol–water partition coefficient (Wildman–Crippen LogP) is 1.07. The molecule has 0 spiro atoms. The summed E-state index contributed by atoms with van der Waals surface area (Å²) < 4.78 is 0. The van der Waals surface area contributed by atoms with Crippen molar-refractivity contribution in [2.24, 2.45) is 0 Å². The molecule has 0 heterocycles. The Morgan fingerprint density at radius 2 is 1.55 bits per heavy atom. The van der Waals surface area contributed by atoms with Crippen LogP contribution in [0.3, 0.4) is 0 Å². The van der Waals surface area contributed by atoms with E-state index in [2.05, 4.69) is 73.7 Å². The molecule has 0 radical (unpaired) electrons. The topological polar surface area (TPSA) is 0 Å². The largest absolute Gasteiger partial charge is 1.00 e. The zero-order valence-electron chi connectivity index (χ0n) is 17.7. The van der Waals surface area contributed by atoms with Crippen molar-refractivity contribution in [2.45, 2.75) is 50.9 Å². The van der Waals surface area contributed by atoms with Gasteiger partial charge in [0.1, 0.15) is 0 Å². The Kier molecular flexibility index (Phi) is 7.72. The predicted molar refractivity (Wildman–Crippen MR) is 117 cm³/mol. The zero-order chi connectivity index (χ0) is 18.7. The van der Waals surface area contributed by atoms with E-state index in [0.717, 1.165) is 0 Å². The molecule has 0 fully saturated rings. The van der Waals surface area contributed by atoms with Gasteiger partial charge in [0.2, 0.25) is 0 Å². The third kappa shape index (κ3) is 4.03. The maximum Gasteiger partial charge on any atom is 0.00550 e. The van der Waals surface area contributed by atoms with Crippen molar-refractivity contribution in [3.63, 3.8) is 0 Å². The summed E-state index contributed by atoms with van der Waals surface area (Å²) in [6.07, 6.45) is 8.73. The standard InChI is InChI=1S/C28H25.2ClH.Hf/c1-18-15-21-16-19-7-6-8-20(19)17-28(21)22(18)13-14-27-25-11-4-2-9-23(25)24-10-3-5-12-26(24)27;;;/h2-5,9-11,15-17,22,27H,6-8,13-14H2,1H3;2*1H;/q-1;;;/p-2. The second-order valence-electron chi connectivity index (χ2n) is 8.76. The minimum atomic E-state index is 0. The SMILES string of the molecule is CC1=Cc2cc3c(cc2C1CCC1c2[c-]cccc2-c2ccccc21)CCC3.[Cl-].[Cl-].[Hf]. The number of fused-ring (bicyclic) bond motifs is 5. The van der Waals surface area contributed by atoms with E-state index < -0.39 is 0 Å². The number of hydrogen-bond donors (Lipinski definition) is 0. The van der Waals surface area contributed by atoms with E-state index in [-0.39, 0.29) is 50.7 Å². The third-order valence-electron chi connectivity index (χ3n) is 7.21. The molecule has 3 aliphatic rings. The van der Waals surface area contributed by atoms with Crippen LogP contribution in [0.25, 0.3) is 17.2 Å². The number of halogens is 2. The molecule has 2 atom stereocenters. The van der Waals surface area contributed by atoms with Crippen LogP contribution in [0.2, 0.25) is 0 Å². The first-order valence-corrected chi connectivity index (χ1v) is 10.7. The monoisotopic (exact) mass is 611 g/mol. The van der Waals surface area contributed by atoms with Crippen molar-refractivity contribution in [3.8, 4) is 11.1 Å². The van der Waals surface area contributed by atoms with Crippen LogP contribution in [-0.2, 0) is 38.7 Å². The number of allylic oxidation sites excluding steroid dienone is 1. The first-order chi connectivity index (χ1) is 13.8. The average molecular weight is 611 g/mol. The normalized spacial score (nSPS) is 19.1. The molecule has 31 heavy (non-hydrogen) atoms. The summed E-state index contributed by atoms with van der Waals surface area (Å²) in [5, 5.41) is 0. The second-order valence-corrected chi connectivity index (χ2v) is 8.76. The van der Waals surface area contributed by atoms with Gasteiger partial charge in [-0.2, -0.15) is 24.3 Å². The minimum Gasteiger partial charge on any atom is -1.00 e. The molecule has 158 valence electrons. The summed E-state index contributed by atoms with van der Waals surface area (Å²) in [5.41, 5.74) is 13.5. The van der Waals surface area contributed by atoms with Gasteiger partial charge in [-0.05, 0) is 72.8 Å². The molecular weight excluding hydrogens is 586 g/mol. The van der Waals surface area contributed by atoms with Gasteiger partial charge < -0.3 is 24.8 Å². The summed E-state index contributed by atoms with van der Waals surface area (Å²) in [5.74, 6) is 1.07. The molecule has 0 nitrogen and oxygen atoms in total. The number of aryl methyl sites for hydroxylation is 2. The van der Waals surface area contributed by atoms with E-state index in [9.17, 15) is 0 Å². The maximum atomic E-state index is 3.57. The van der Waals surface area contributed by atoms with Crippen LogP contribution < -0.4 is 24.8 Å². The first kappa shape index (κ1) is 24.5. The van der Waals surface area contributed by atoms with Crippen LogP contribution in [0.1, 0.15) is 71.4 Å². The van der Waals surface area contributed by atoms with Crippen LogP contribution in [0.15, 0.2) is 60.2 Å². The second kappa shape index (κ2) is 9.77. The van der Waals surface area contributed by atoms with Crippen LogP contribution in [0.5, 0.6) is 0 Å². The van der Waals surface area contributed by atoms with Gasteiger partial charge in [0, 0.05) is 31.8 Å². The molecule has 3 aromatic carbocycles. The molecule has 2 unspecified atom stereocenters. The number of rotatable bonds is 3. The molecular formula is C28H25Cl2Hf-3. The van der Waals surface area contributed by atoms with Crippen molar-refractivity contribution in [1.82, 2.24) is 0 Å². The van der Waals surface area contributed by atoms with Gasteiger partial charge in [0.25, 0.3) is 0 Å². The van der Waals surface area contributed by atoms with Crippen LogP contribution in [0.4, 0.5) is 0 Å². The van der Waals surface area contributed by atoms with Gasteiger partial charge in [0.15, 0.2) is 0 Å². The zero-order valence-corrected chi connectivity index (χ0v) is 22.8. The maximum absolute atomic E-state index is 3.57. The van der Waals surface area contributed by atoms with Gasteiger partial charge in [-0.3, -0.25) is 0 Å². The molecule has 0 saturated heterocycles. The Labute approximate surface area is 217 Å². The molecule has 0 aromatic heterocycles. The molecule has 3 aliphatic carbocycles. The van der Waals surface area contributed by atoms with Crippen molar-refractivity contribution < 1.29 is 50.7 Å². The minimum absolute atomic E-state index is 0. The van der Waals surface area contributed by atoms with E-state index in [1.807, 2.05) is 0 Å². The fourth-order valence-electron chi connectivity index (χ4n) is 5.87. The summed E-state index contributed by atoms with van der Waals surface area (Å²) in [4.78, 5) is 0.